The van der Waals surface area contributed by atoms with Gasteiger partial charge in [0.2, 0.25) is 10.0 Å². The van der Waals surface area contributed by atoms with Crippen LogP contribution in [0.4, 0.5) is 0 Å². The summed E-state index contributed by atoms with van der Waals surface area (Å²) in [5.41, 5.74) is 0. The lowest BCUT2D eigenvalue weighted by molar-refractivity contribution is -0.944. The molecule has 0 spiro atoms. The van der Waals surface area contributed by atoms with Gasteiger partial charge in [-0.05, 0) is 5.92 Å². The van der Waals surface area contributed by atoms with E-state index in [0.717, 1.165) is 18.9 Å². The molecule has 0 aliphatic carbocycles. The van der Waals surface area contributed by atoms with E-state index in [4.69, 9.17) is 0 Å². The van der Waals surface area contributed by atoms with Crippen LogP contribution in [0.3, 0.4) is 0 Å². The van der Waals surface area contributed by atoms with E-state index in [1.807, 2.05) is 0 Å². The maximum absolute atomic E-state index is 11.1. The molecule has 4 atom stereocenters. The van der Waals surface area contributed by atoms with E-state index in [0.29, 0.717) is 18.5 Å². The predicted molar refractivity (Wildman–Crippen MR) is 63.7 cm³/mol. The van der Waals surface area contributed by atoms with Gasteiger partial charge < -0.3 is 4.90 Å². The number of hydrogen-bond donors (Lipinski definition) is 2. The number of hydrogen-bond acceptors (Lipinski definition) is 2. The molecule has 3 aliphatic rings. The zero-order valence-electron chi connectivity index (χ0n) is 9.78. The van der Waals surface area contributed by atoms with Crippen LogP contribution in [0.1, 0.15) is 12.8 Å². The monoisotopic (exact) mass is 245 g/mol. The van der Waals surface area contributed by atoms with Gasteiger partial charge in [0.15, 0.2) is 0 Å². The first-order chi connectivity index (χ1) is 7.49. The Hall–Kier alpha value is -0.390. The standard InChI is InChI=1S/C11H20N2O2S/c1-3-9-8-13-5-4-10(9)6-11(13)7-12-16(2,14)15/h3,9-12H,1,4-8H2,2H3/p+1/t9-,10-,11+/m0/s1. The molecule has 3 saturated heterocycles. The SMILES string of the molecule is C=C[C@H]1C[NH+]2CC[C@H]1C[C@@H]2CNS(C)(=O)=O. The molecule has 5 heteroatoms. The van der Waals surface area contributed by atoms with E-state index >= 15 is 0 Å². The van der Waals surface area contributed by atoms with E-state index in [9.17, 15) is 8.42 Å². The molecule has 0 aromatic heterocycles. The van der Waals surface area contributed by atoms with Crippen LogP contribution >= 0.6 is 0 Å². The van der Waals surface area contributed by atoms with Crippen LogP contribution in [-0.2, 0) is 10.0 Å². The van der Waals surface area contributed by atoms with Gasteiger partial charge in [-0.1, -0.05) is 6.08 Å². The van der Waals surface area contributed by atoms with E-state index in [1.165, 1.54) is 19.2 Å². The molecule has 0 saturated carbocycles. The average Bonchev–Trinajstić information content (AvgIpc) is 2.26. The Morgan fingerprint density at radius 3 is 2.81 bits per heavy atom. The van der Waals surface area contributed by atoms with Crippen molar-refractivity contribution in [1.29, 1.82) is 0 Å². The number of piperidine rings is 3. The van der Waals surface area contributed by atoms with Gasteiger partial charge in [0.05, 0.1) is 25.9 Å². The van der Waals surface area contributed by atoms with Crippen molar-refractivity contribution in [3.8, 4) is 0 Å². The summed E-state index contributed by atoms with van der Waals surface area (Å²) in [7, 11) is -3.04. The molecule has 4 nitrogen and oxygen atoms in total. The molecule has 3 rings (SSSR count). The van der Waals surface area contributed by atoms with Crippen LogP contribution in [0.25, 0.3) is 0 Å². The topological polar surface area (TPSA) is 50.6 Å². The highest BCUT2D eigenvalue weighted by Gasteiger charge is 2.42. The van der Waals surface area contributed by atoms with Gasteiger partial charge in [0.1, 0.15) is 6.04 Å². The van der Waals surface area contributed by atoms with Crippen LogP contribution < -0.4 is 9.62 Å². The molecule has 2 N–H and O–H groups in total. The van der Waals surface area contributed by atoms with Crippen molar-refractivity contribution in [2.75, 3.05) is 25.9 Å². The summed E-state index contributed by atoms with van der Waals surface area (Å²) in [6.45, 7) is 6.80. The van der Waals surface area contributed by atoms with Crippen molar-refractivity contribution in [3.05, 3.63) is 12.7 Å². The summed E-state index contributed by atoms with van der Waals surface area (Å²) in [4.78, 5) is 1.54. The number of rotatable bonds is 4. The molecule has 0 aromatic carbocycles. The van der Waals surface area contributed by atoms with Crippen LogP contribution in [0.2, 0.25) is 0 Å². The predicted octanol–water partition coefficient (Wildman–Crippen LogP) is -0.985. The lowest BCUT2D eigenvalue weighted by Gasteiger charge is -2.46. The number of fused-ring (bicyclic) bond motifs is 3. The zero-order chi connectivity index (χ0) is 11.8. The van der Waals surface area contributed by atoms with Gasteiger partial charge in [0, 0.05) is 18.8 Å². The molecule has 3 fully saturated rings. The van der Waals surface area contributed by atoms with Gasteiger partial charge in [0.25, 0.3) is 0 Å². The van der Waals surface area contributed by atoms with E-state index in [1.54, 1.807) is 4.90 Å². The summed E-state index contributed by atoms with van der Waals surface area (Å²) >= 11 is 0. The van der Waals surface area contributed by atoms with Gasteiger partial charge in [-0.3, -0.25) is 0 Å². The highest BCUT2D eigenvalue weighted by molar-refractivity contribution is 7.88. The van der Waals surface area contributed by atoms with Crippen molar-refractivity contribution in [2.24, 2.45) is 11.8 Å². The first-order valence-electron chi connectivity index (χ1n) is 5.91. The van der Waals surface area contributed by atoms with Crippen molar-refractivity contribution in [3.63, 3.8) is 0 Å². The Balaban J connectivity index is 1.93. The quantitative estimate of drug-likeness (QED) is 0.625. The van der Waals surface area contributed by atoms with Crippen molar-refractivity contribution in [1.82, 2.24) is 4.72 Å². The molecule has 1 unspecified atom stereocenters. The third-order valence-corrected chi connectivity index (χ3v) is 4.69. The third-order valence-electron chi connectivity index (χ3n) is 4.00. The molecule has 2 bridgehead atoms. The molecular weight excluding hydrogens is 224 g/mol. The molecule has 92 valence electrons. The second kappa shape index (κ2) is 4.47. The fourth-order valence-corrected chi connectivity index (χ4v) is 3.61. The maximum atomic E-state index is 11.1. The minimum atomic E-state index is -3.04. The summed E-state index contributed by atoms with van der Waals surface area (Å²) in [6, 6.07) is 0.463. The highest BCUT2D eigenvalue weighted by atomic mass is 32.2. The number of nitrogens with one attached hydrogen (secondary N) is 2. The Morgan fingerprint density at radius 1 is 1.56 bits per heavy atom. The molecular formula is C11H21N2O2S+. The first-order valence-corrected chi connectivity index (χ1v) is 7.80. The van der Waals surface area contributed by atoms with Crippen molar-refractivity contribution in [2.45, 2.75) is 18.9 Å². The fraction of sp³-hybridized carbons (Fsp3) is 0.818. The molecule has 0 radical (unpaired) electrons. The van der Waals surface area contributed by atoms with Crippen LogP contribution in [0, 0.1) is 11.8 Å². The minimum absolute atomic E-state index is 0.463. The zero-order valence-corrected chi connectivity index (χ0v) is 10.6. The van der Waals surface area contributed by atoms with E-state index < -0.39 is 10.0 Å². The van der Waals surface area contributed by atoms with Gasteiger partial charge >= 0.3 is 0 Å². The molecule has 0 aromatic rings. The molecule has 3 aliphatic heterocycles. The second-order valence-electron chi connectivity index (χ2n) is 5.11. The molecule has 3 heterocycles. The van der Waals surface area contributed by atoms with Crippen LogP contribution in [0.15, 0.2) is 12.7 Å². The summed E-state index contributed by atoms with van der Waals surface area (Å²) in [6.07, 6.45) is 5.70. The van der Waals surface area contributed by atoms with Crippen LogP contribution in [-0.4, -0.2) is 40.3 Å². The Bertz CT molecular complexity index is 366. The maximum Gasteiger partial charge on any atom is 0.208 e. The van der Waals surface area contributed by atoms with Crippen molar-refractivity contribution < 1.29 is 13.3 Å². The van der Waals surface area contributed by atoms with Gasteiger partial charge in [-0.15, -0.1) is 6.58 Å². The van der Waals surface area contributed by atoms with Crippen molar-refractivity contribution >= 4 is 10.0 Å². The summed E-state index contributed by atoms with van der Waals surface area (Å²) < 4.78 is 24.8. The largest absolute Gasteiger partial charge is 0.331 e. The smallest absolute Gasteiger partial charge is 0.208 e. The van der Waals surface area contributed by atoms with E-state index in [-0.39, 0.29) is 0 Å². The normalized spacial score (nSPS) is 38.6. The second-order valence-corrected chi connectivity index (χ2v) is 6.95. The summed E-state index contributed by atoms with van der Waals surface area (Å²) in [5, 5.41) is 0. The first kappa shape index (κ1) is 12.1. The average molecular weight is 245 g/mol. The van der Waals surface area contributed by atoms with Gasteiger partial charge in [-0.25, -0.2) is 13.1 Å². The van der Waals surface area contributed by atoms with Gasteiger partial charge in [-0.2, -0.15) is 0 Å². The Kier molecular flexibility index (Phi) is 3.37. The Morgan fingerprint density at radius 2 is 2.31 bits per heavy atom. The molecule has 0 amide bonds. The molecule has 16 heavy (non-hydrogen) atoms. The third kappa shape index (κ3) is 2.64. The lowest BCUT2D eigenvalue weighted by Crippen LogP contribution is -3.20. The minimum Gasteiger partial charge on any atom is -0.331 e. The van der Waals surface area contributed by atoms with Crippen LogP contribution in [0.5, 0.6) is 0 Å². The summed E-state index contributed by atoms with van der Waals surface area (Å²) in [5.74, 6) is 1.36. The van der Waals surface area contributed by atoms with E-state index in [2.05, 4.69) is 17.4 Å². The Labute approximate surface area is 97.8 Å². The number of quaternary nitrogens is 1. The highest BCUT2D eigenvalue weighted by Crippen LogP contribution is 2.27. The number of sulfonamides is 1. The lowest BCUT2D eigenvalue weighted by atomic mass is 9.76. The fourth-order valence-electron chi connectivity index (χ4n) is 3.11.